The molecule has 0 saturated carbocycles. The van der Waals surface area contributed by atoms with Crippen LogP contribution in [-0.4, -0.2) is 26.8 Å². The number of nitrogens with one attached hydrogen (secondary N) is 1. The molecule has 2 nitrogen and oxygen atoms in total. The summed E-state index contributed by atoms with van der Waals surface area (Å²) >= 11 is 0. The van der Waals surface area contributed by atoms with Gasteiger partial charge in [0, 0.05) is 6.61 Å². The molecule has 1 aliphatic rings. The smallest absolute Gasteiger partial charge is 0.0507 e. The van der Waals surface area contributed by atoms with Crippen LogP contribution in [0.15, 0.2) is 0 Å². The van der Waals surface area contributed by atoms with Crippen LogP contribution < -0.4 is 5.32 Å². The molecule has 0 aliphatic carbocycles. The standard InChI is InChI=1S/C6H13NO/c1-7-4-6-2-3-8-5-6/h6-7H,2-5H2,1H3/t6-/m1/s1. The first-order valence-corrected chi connectivity index (χ1v) is 3.16. The molecule has 0 bridgehead atoms. The van der Waals surface area contributed by atoms with Crippen molar-refractivity contribution in [3.63, 3.8) is 0 Å². The Morgan fingerprint density at radius 1 is 1.75 bits per heavy atom. The quantitative estimate of drug-likeness (QED) is 0.556. The monoisotopic (exact) mass is 115 g/mol. The van der Waals surface area contributed by atoms with E-state index in [-0.39, 0.29) is 0 Å². The lowest BCUT2D eigenvalue weighted by Crippen LogP contribution is -2.18. The van der Waals surface area contributed by atoms with Gasteiger partial charge in [0.1, 0.15) is 0 Å². The molecule has 1 rings (SSSR count). The zero-order valence-electron chi connectivity index (χ0n) is 5.31. The highest BCUT2D eigenvalue weighted by Gasteiger charge is 2.13. The summed E-state index contributed by atoms with van der Waals surface area (Å²) in [6.45, 7) is 3.03. The number of ether oxygens (including phenoxy) is 1. The molecule has 48 valence electrons. The third kappa shape index (κ3) is 1.46. The molecule has 0 unspecified atom stereocenters. The maximum absolute atomic E-state index is 5.17. The van der Waals surface area contributed by atoms with E-state index in [2.05, 4.69) is 5.32 Å². The van der Waals surface area contributed by atoms with Gasteiger partial charge in [0.05, 0.1) is 6.61 Å². The van der Waals surface area contributed by atoms with Gasteiger partial charge in [-0.1, -0.05) is 0 Å². The Morgan fingerprint density at radius 3 is 3.12 bits per heavy atom. The SMILES string of the molecule is CNC[C@H]1CCOC1. The van der Waals surface area contributed by atoms with Gasteiger partial charge < -0.3 is 10.1 Å². The summed E-state index contributed by atoms with van der Waals surface area (Å²) in [4.78, 5) is 0. The van der Waals surface area contributed by atoms with Gasteiger partial charge in [-0.05, 0) is 25.9 Å². The van der Waals surface area contributed by atoms with Gasteiger partial charge in [0.2, 0.25) is 0 Å². The minimum Gasteiger partial charge on any atom is -0.381 e. The van der Waals surface area contributed by atoms with Crippen LogP contribution in [0, 0.1) is 5.92 Å². The summed E-state index contributed by atoms with van der Waals surface area (Å²) in [7, 11) is 1.98. The lowest BCUT2D eigenvalue weighted by atomic mass is 10.1. The minimum absolute atomic E-state index is 0.778. The molecule has 8 heavy (non-hydrogen) atoms. The number of hydrogen-bond donors (Lipinski definition) is 1. The van der Waals surface area contributed by atoms with Crippen LogP contribution in [0.2, 0.25) is 0 Å². The van der Waals surface area contributed by atoms with E-state index in [9.17, 15) is 0 Å². The van der Waals surface area contributed by atoms with Crippen molar-refractivity contribution in [1.82, 2.24) is 5.32 Å². The Hall–Kier alpha value is -0.0800. The van der Waals surface area contributed by atoms with Crippen molar-refractivity contribution in [2.24, 2.45) is 5.92 Å². The first-order chi connectivity index (χ1) is 3.93. The Bertz CT molecular complexity index is 59.5. The summed E-state index contributed by atoms with van der Waals surface area (Å²) in [6, 6.07) is 0. The molecule has 1 saturated heterocycles. The molecule has 0 amide bonds. The van der Waals surface area contributed by atoms with E-state index in [0.29, 0.717) is 0 Å². The second kappa shape index (κ2) is 3.05. The fraction of sp³-hybridized carbons (Fsp3) is 1.00. The highest BCUT2D eigenvalue weighted by molar-refractivity contribution is 4.64. The van der Waals surface area contributed by atoms with Crippen LogP contribution in [0.4, 0.5) is 0 Å². The normalized spacial score (nSPS) is 28.9. The molecular weight excluding hydrogens is 102 g/mol. The van der Waals surface area contributed by atoms with Crippen LogP contribution in [0.5, 0.6) is 0 Å². The zero-order chi connectivity index (χ0) is 5.82. The Kier molecular flexibility index (Phi) is 2.30. The van der Waals surface area contributed by atoms with E-state index in [1.54, 1.807) is 0 Å². The topological polar surface area (TPSA) is 21.3 Å². The molecule has 0 radical (unpaired) electrons. The van der Waals surface area contributed by atoms with Gasteiger partial charge in [0.15, 0.2) is 0 Å². The third-order valence-electron chi connectivity index (χ3n) is 1.52. The predicted octanol–water partition coefficient (Wildman–Crippen LogP) is 0.242. The molecule has 0 aromatic carbocycles. The summed E-state index contributed by atoms with van der Waals surface area (Å²) in [5.74, 6) is 0.778. The minimum atomic E-state index is 0.778. The molecular formula is C6H13NO. The molecule has 0 aromatic heterocycles. The van der Waals surface area contributed by atoms with Gasteiger partial charge in [-0.25, -0.2) is 0 Å². The summed E-state index contributed by atoms with van der Waals surface area (Å²) in [5.41, 5.74) is 0. The van der Waals surface area contributed by atoms with Gasteiger partial charge in [-0.3, -0.25) is 0 Å². The summed E-state index contributed by atoms with van der Waals surface area (Å²) < 4.78 is 5.17. The Labute approximate surface area is 50.2 Å². The van der Waals surface area contributed by atoms with E-state index >= 15 is 0 Å². The molecule has 1 aliphatic heterocycles. The van der Waals surface area contributed by atoms with E-state index in [1.807, 2.05) is 7.05 Å². The van der Waals surface area contributed by atoms with Gasteiger partial charge in [0.25, 0.3) is 0 Å². The second-order valence-corrected chi connectivity index (χ2v) is 2.29. The lowest BCUT2D eigenvalue weighted by Gasteiger charge is -2.03. The van der Waals surface area contributed by atoms with Gasteiger partial charge in [-0.2, -0.15) is 0 Å². The molecule has 1 fully saturated rings. The fourth-order valence-electron chi connectivity index (χ4n) is 1.03. The van der Waals surface area contributed by atoms with Gasteiger partial charge >= 0.3 is 0 Å². The van der Waals surface area contributed by atoms with E-state index < -0.39 is 0 Å². The maximum atomic E-state index is 5.17. The highest BCUT2D eigenvalue weighted by Crippen LogP contribution is 2.09. The van der Waals surface area contributed by atoms with Crippen molar-refractivity contribution in [3.8, 4) is 0 Å². The average molecular weight is 115 g/mol. The average Bonchev–Trinajstić information content (AvgIpc) is 2.19. The van der Waals surface area contributed by atoms with Crippen LogP contribution in [-0.2, 0) is 4.74 Å². The molecule has 1 atom stereocenters. The maximum Gasteiger partial charge on any atom is 0.0507 e. The second-order valence-electron chi connectivity index (χ2n) is 2.29. The van der Waals surface area contributed by atoms with Crippen molar-refractivity contribution in [3.05, 3.63) is 0 Å². The van der Waals surface area contributed by atoms with Crippen molar-refractivity contribution >= 4 is 0 Å². The summed E-state index contributed by atoms with van der Waals surface area (Å²) in [6.07, 6.45) is 1.24. The number of hydrogen-bond acceptors (Lipinski definition) is 2. The predicted molar refractivity (Wildman–Crippen MR) is 32.9 cm³/mol. The summed E-state index contributed by atoms with van der Waals surface area (Å²) in [5, 5.41) is 3.13. The highest BCUT2D eigenvalue weighted by atomic mass is 16.5. The van der Waals surface area contributed by atoms with Crippen molar-refractivity contribution < 1.29 is 4.74 Å². The van der Waals surface area contributed by atoms with E-state index in [1.165, 1.54) is 6.42 Å². The Balaban J connectivity index is 2.06. The van der Waals surface area contributed by atoms with Crippen LogP contribution in [0.25, 0.3) is 0 Å². The Morgan fingerprint density at radius 2 is 2.62 bits per heavy atom. The largest absolute Gasteiger partial charge is 0.381 e. The first-order valence-electron chi connectivity index (χ1n) is 3.16. The first kappa shape index (κ1) is 6.05. The molecule has 0 aromatic rings. The van der Waals surface area contributed by atoms with Crippen molar-refractivity contribution in [2.45, 2.75) is 6.42 Å². The van der Waals surface area contributed by atoms with Crippen LogP contribution >= 0.6 is 0 Å². The molecule has 2 heteroatoms. The third-order valence-corrected chi connectivity index (χ3v) is 1.52. The van der Waals surface area contributed by atoms with E-state index in [0.717, 1.165) is 25.7 Å². The zero-order valence-corrected chi connectivity index (χ0v) is 5.31. The van der Waals surface area contributed by atoms with E-state index in [4.69, 9.17) is 4.74 Å². The lowest BCUT2D eigenvalue weighted by molar-refractivity contribution is 0.185. The fourth-order valence-corrected chi connectivity index (χ4v) is 1.03. The number of rotatable bonds is 2. The van der Waals surface area contributed by atoms with Crippen LogP contribution in [0.3, 0.4) is 0 Å². The van der Waals surface area contributed by atoms with Crippen molar-refractivity contribution in [2.75, 3.05) is 26.8 Å². The van der Waals surface area contributed by atoms with Crippen molar-refractivity contribution in [1.29, 1.82) is 0 Å². The molecule has 1 N–H and O–H groups in total. The van der Waals surface area contributed by atoms with Gasteiger partial charge in [-0.15, -0.1) is 0 Å². The van der Waals surface area contributed by atoms with Crippen LogP contribution in [0.1, 0.15) is 6.42 Å². The molecule has 0 spiro atoms. The molecule has 1 heterocycles.